The van der Waals surface area contributed by atoms with Crippen molar-refractivity contribution in [3.63, 3.8) is 0 Å². The van der Waals surface area contributed by atoms with Crippen molar-refractivity contribution in [2.45, 2.75) is 18.2 Å². The topological polar surface area (TPSA) is 77.4 Å². The van der Waals surface area contributed by atoms with Crippen LogP contribution in [0, 0.1) is 25.2 Å². The third-order valence-electron chi connectivity index (χ3n) is 4.12. The summed E-state index contributed by atoms with van der Waals surface area (Å²) in [4.78, 5) is 13.3. The second kappa shape index (κ2) is 6.83. The van der Waals surface area contributed by atoms with Crippen LogP contribution in [0.2, 0.25) is 0 Å². The van der Waals surface area contributed by atoms with Gasteiger partial charge in [0.15, 0.2) is 4.34 Å². The van der Waals surface area contributed by atoms with Crippen LogP contribution in [0.5, 0.6) is 0 Å². The van der Waals surface area contributed by atoms with Crippen LogP contribution >= 0.6 is 23.3 Å². The lowest BCUT2D eigenvalue weighted by Gasteiger charge is -2.06. The van der Waals surface area contributed by atoms with E-state index in [-0.39, 0.29) is 0 Å². The Bertz CT molecular complexity index is 1120. The number of H-pyrrole nitrogens is 1. The van der Waals surface area contributed by atoms with Crippen molar-refractivity contribution in [1.82, 2.24) is 15.0 Å². The van der Waals surface area contributed by atoms with Gasteiger partial charge in [-0.2, -0.15) is 5.26 Å². The van der Waals surface area contributed by atoms with Gasteiger partial charge in [0.1, 0.15) is 6.07 Å². The zero-order chi connectivity index (χ0) is 18.1. The number of rotatable bonds is 4. The van der Waals surface area contributed by atoms with Gasteiger partial charge in [-0.15, -0.1) is 11.3 Å². The van der Waals surface area contributed by atoms with E-state index in [1.807, 2.05) is 37.4 Å². The number of hydrogen-bond donors (Lipinski definition) is 2. The fourth-order valence-corrected chi connectivity index (χ4v) is 4.71. The quantitative estimate of drug-likeness (QED) is 0.472. The molecule has 26 heavy (non-hydrogen) atoms. The first-order valence-electron chi connectivity index (χ1n) is 7.99. The lowest BCUT2D eigenvalue weighted by Crippen LogP contribution is -1.89. The van der Waals surface area contributed by atoms with Gasteiger partial charge in [0, 0.05) is 46.4 Å². The summed E-state index contributed by atoms with van der Waals surface area (Å²) in [5.74, 6) is 0. The Balaban J connectivity index is 1.61. The van der Waals surface area contributed by atoms with Gasteiger partial charge in [-0.3, -0.25) is 4.98 Å². The zero-order valence-corrected chi connectivity index (χ0v) is 15.8. The summed E-state index contributed by atoms with van der Waals surface area (Å²) in [6, 6.07) is 10.2. The molecule has 1 aromatic carbocycles. The maximum absolute atomic E-state index is 9.28. The molecule has 0 unspecified atom stereocenters. The smallest absolute Gasteiger partial charge is 0.171 e. The van der Waals surface area contributed by atoms with Crippen LogP contribution in [-0.2, 0) is 0 Å². The molecule has 0 saturated carbocycles. The Morgan fingerprint density at radius 3 is 2.92 bits per heavy atom. The van der Waals surface area contributed by atoms with E-state index in [1.165, 1.54) is 11.9 Å². The van der Waals surface area contributed by atoms with E-state index >= 15 is 0 Å². The minimum absolute atomic E-state index is 0.662. The predicted octanol–water partition coefficient (Wildman–Crippen LogP) is 5.29. The highest BCUT2D eigenvalue weighted by molar-refractivity contribution is 8.02. The van der Waals surface area contributed by atoms with E-state index in [9.17, 15) is 5.26 Å². The van der Waals surface area contributed by atoms with Gasteiger partial charge in [0.2, 0.25) is 0 Å². The van der Waals surface area contributed by atoms with Crippen LogP contribution < -0.4 is 4.72 Å². The SMILES string of the molecule is Cc1sc(SNc2ccc(C)c3c(C#N)c[nH]c23)nc1-c1cccnc1. The second-order valence-electron chi connectivity index (χ2n) is 5.82. The highest BCUT2D eigenvalue weighted by Crippen LogP contribution is 2.35. The van der Waals surface area contributed by atoms with Crippen molar-refractivity contribution >= 4 is 39.9 Å². The van der Waals surface area contributed by atoms with Crippen LogP contribution in [-0.4, -0.2) is 15.0 Å². The first-order valence-corrected chi connectivity index (χ1v) is 9.62. The summed E-state index contributed by atoms with van der Waals surface area (Å²) >= 11 is 3.12. The van der Waals surface area contributed by atoms with Gasteiger partial charge in [0.25, 0.3) is 0 Å². The number of pyridine rings is 1. The molecule has 4 aromatic rings. The molecule has 7 heteroatoms. The number of anilines is 1. The van der Waals surface area contributed by atoms with E-state index in [2.05, 4.69) is 27.7 Å². The summed E-state index contributed by atoms with van der Waals surface area (Å²) in [6.07, 6.45) is 5.34. The molecule has 0 saturated heterocycles. The van der Waals surface area contributed by atoms with Crippen LogP contribution in [0.4, 0.5) is 5.69 Å². The largest absolute Gasteiger partial charge is 0.358 e. The van der Waals surface area contributed by atoms with Gasteiger partial charge in [-0.05, 0) is 37.6 Å². The number of aromatic nitrogens is 3. The first-order chi connectivity index (χ1) is 12.7. The molecular weight excluding hydrogens is 362 g/mol. The minimum Gasteiger partial charge on any atom is -0.358 e. The van der Waals surface area contributed by atoms with Crippen LogP contribution in [0.3, 0.4) is 0 Å². The summed E-state index contributed by atoms with van der Waals surface area (Å²) in [6.45, 7) is 4.08. The number of aryl methyl sites for hydroxylation is 2. The van der Waals surface area contributed by atoms with E-state index in [0.717, 1.165) is 42.6 Å². The van der Waals surface area contributed by atoms with Crippen LogP contribution in [0.25, 0.3) is 22.2 Å². The molecule has 0 atom stereocenters. The second-order valence-corrected chi connectivity index (χ2v) is 8.08. The van der Waals surface area contributed by atoms with E-state index in [0.29, 0.717) is 5.56 Å². The molecule has 3 heterocycles. The average Bonchev–Trinajstić information content (AvgIpc) is 3.26. The van der Waals surface area contributed by atoms with Crippen molar-refractivity contribution in [3.05, 3.63) is 58.9 Å². The van der Waals surface area contributed by atoms with Crippen molar-refractivity contribution in [2.24, 2.45) is 0 Å². The number of nitrogens with one attached hydrogen (secondary N) is 2. The molecule has 2 N–H and O–H groups in total. The first kappa shape index (κ1) is 16.6. The van der Waals surface area contributed by atoms with Gasteiger partial charge in [0.05, 0.1) is 22.5 Å². The Kier molecular flexibility index (Phi) is 4.37. The average molecular weight is 377 g/mol. The molecule has 0 aliphatic rings. The van der Waals surface area contributed by atoms with Crippen LogP contribution in [0.15, 0.2) is 47.2 Å². The Morgan fingerprint density at radius 1 is 1.27 bits per heavy atom. The van der Waals surface area contributed by atoms with E-state index in [4.69, 9.17) is 4.98 Å². The third-order valence-corrected chi connectivity index (χ3v) is 5.98. The fraction of sp³-hybridized carbons (Fsp3) is 0.105. The number of thiazole rings is 1. The van der Waals surface area contributed by atoms with Gasteiger partial charge < -0.3 is 9.71 Å². The van der Waals surface area contributed by atoms with Crippen molar-refractivity contribution in [2.75, 3.05) is 4.72 Å². The molecule has 0 aliphatic heterocycles. The van der Waals surface area contributed by atoms with Gasteiger partial charge >= 0.3 is 0 Å². The number of fused-ring (bicyclic) bond motifs is 1. The summed E-state index contributed by atoms with van der Waals surface area (Å²) in [5, 5.41) is 10.2. The number of nitriles is 1. The summed E-state index contributed by atoms with van der Waals surface area (Å²) in [5.41, 5.74) is 5.61. The Labute approximate surface area is 159 Å². The fourth-order valence-electron chi connectivity index (χ4n) is 2.88. The highest BCUT2D eigenvalue weighted by Gasteiger charge is 2.13. The third kappa shape index (κ3) is 2.94. The molecule has 5 nitrogen and oxygen atoms in total. The molecule has 0 aliphatic carbocycles. The Hall–Kier alpha value is -2.82. The number of nitrogens with zero attached hydrogens (tertiary/aromatic N) is 3. The Morgan fingerprint density at radius 2 is 2.15 bits per heavy atom. The molecule has 0 spiro atoms. The minimum atomic E-state index is 0.662. The molecule has 0 radical (unpaired) electrons. The van der Waals surface area contributed by atoms with E-state index in [1.54, 1.807) is 23.7 Å². The zero-order valence-electron chi connectivity index (χ0n) is 14.2. The number of hydrogen-bond acceptors (Lipinski definition) is 6. The molecule has 3 aromatic heterocycles. The number of benzene rings is 1. The van der Waals surface area contributed by atoms with Gasteiger partial charge in [-0.1, -0.05) is 6.07 Å². The summed E-state index contributed by atoms with van der Waals surface area (Å²) in [7, 11) is 0. The predicted molar refractivity (Wildman–Crippen MR) is 107 cm³/mol. The van der Waals surface area contributed by atoms with Crippen molar-refractivity contribution in [3.8, 4) is 17.3 Å². The maximum atomic E-state index is 9.28. The highest BCUT2D eigenvalue weighted by atomic mass is 32.2. The van der Waals surface area contributed by atoms with Crippen LogP contribution in [0.1, 0.15) is 16.0 Å². The molecule has 128 valence electrons. The molecule has 0 bridgehead atoms. The van der Waals surface area contributed by atoms with Crippen molar-refractivity contribution in [1.29, 1.82) is 5.26 Å². The summed E-state index contributed by atoms with van der Waals surface area (Å²) < 4.78 is 4.30. The maximum Gasteiger partial charge on any atom is 0.171 e. The monoisotopic (exact) mass is 377 g/mol. The van der Waals surface area contributed by atoms with Crippen molar-refractivity contribution < 1.29 is 0 Å². The normalized spacial score (nSPS) is 10.8. The molecule has 4 rings (SSSR count). The molecular formula is C19H15N5S2. The van der Waals surface area contributed by atoms with E-state index < -0.39 is 0 Å². The number of aromatic amines is 1. The standard InChI is InChI=1S/C19H15N5S2/c1-11-5-6-15(18-16(11)14(8-20)10-22-18)24-26-19-23-17(12(2)25-19)13-4-3-7-21-9-13/h3-7,9-10,22,24H,1-2H3. The molecule has 0 amide bonds. The molecule has 0 fully saturated rings. The lowest BCUT2D eigenvalue weighted by molar-refractivity contribution is 1.23. The lowest BCUT2D eigenvalue weighted by atomic mass is 10.1. The van der Waals surface area contributed by atoms with Gasteiger partial charge in [-0.25, -0.2) is 4.98 Å².